The van der Waals surface area contributed by atoms with Crippen molar-refractivity contribution in [3.05, 3.63) is 17.9 Å². The number of ether oxygens (including phenoxy) is 2. The Morgan fingerprint density at radius 2 is 1.82 bits per heavy atom. The molecule has 0 saturated heterocycles. The van der Waals surface area contributed by atoms with E-state index >= 15 is 0 Å². The first kappa shape index (κ1) is 13.4. The highest BCUT2D eigenvalue weighted by molar-refractivity contribution is 5.56. The third kappa shape index (κ3) is 3.15. The molecule has 0 aliphatic carbocycles. The third-order valence-electron chi connectivity index (χ3n) is 2.05. The van der Waals surface area contributed by atoms with Gasteiger partial charge in [0.15, 0.2) is 17.7 Å². The molecule has 0 radical (unpaired) electrons. The van der Waals surface area contributed by atoms with Crippen molar-refractivity contribution in [2.75, 3.05) is 12.8 Å². The Balaban J connectivity index is 2.99. The van der Waals surface area contributed by atoms with E-state index in [1.807, 2.05) is 0 Å². The first-order chi connectivity index (χ1) is 7.75. The van der Waals surface area contributed by atoms with E-state index in [9.17, 15) is 17.6 Å². The van der Waals surface area contributed by atoms with Crippen LogP contribution in [0.2, 0.25) is 0 Å². The summed E-state index contributed by atoms with van der Waals surface area (Å²) in [6, 6.07) is 1.82. The summed E-state index contributed by atoms with van der Waals surface area (Å²) in [5.74, 6) is -1.48. The molecular weight excluding hydrogens is 242 g/mol. The van der Waals surface area contributed by atoms with Gasteiger partial charge < -0.3 is 15.2 Å². The van der Waals surface area contributed by atoms with E-state index < -0.39 is 23.8 Å². The summed E-state index contributed by atoms with van der Waals surface area (Å²) in [6.07, 6.45) is -6.69. The maximum absolute atomic E-state index is 13.3. The molecule has 1 unspecified atom stereocenters. The van der Waals surface area contributed by atoms with E-state index in [0.717, 1.165) is 19.1 Å². The predicted molar refractivity (Wildman–Crippen MR) is 53.5 cm³/mol. The summed E-state index contributed by atoms with van der Waals surface area (Å²) in [6.45, 7) is 0.780. The fourth-order valence-electron chi connectivity index (χ4n) is 1.07. The van der Waals surface area contributed by atoms with E-state index in [1.165, 1.54) is 7.11 Å². The normalized spacial score (nSPS) is 13.3. The molecule has 0 fully saturated rings. The van der Waals surface area contributed by atoms with Crippen LogP contribution in [0.4, 0.5) is 23.2 Å². The van der Waals surface area contributed by atoms with Crippen molar-refractivity contribution in [2.45, 2.75) is 19.2 Å². The van der Waals surface area contributed by atoms with Gasteiger partial charge >= 0.3 is 6.18 Å². The monoisotopic (exact) mass is 253 g/mol. The second-order valence-electron chi connectivity index (χ2n) is 3.33. The van der Waals surface area contributed by atoms with Crippen molar-refractivity contribution in [3.63, 3.8) is 0 Å². The van der Waals surface area contributed by atoms with E-state index in [4.69, 9.17) is 10.5 Å². The van der Waals surface area contributed by atoms with Crippen molar-refractivity contribution >= 4 is 5.69 Å². The van der Waals surface area contributed by atoms with Crippen LogP contribution in [-0.2, 0) is 0 Å². The SMILES string of the molecule is COc1cc(OC(C)C(F)(F)F)c(F)cc1N. The minimum Gasteiger partial charge on any atom is -0.494 e. The lowest BCUT2D eigenvalue weighted by molar-refractivity contribution is -0.189. The molecule has 0 bridgehead atoms. The van der Waals surface area contributed by atoms with Gasteiger partial charge in [-0.05, 0) is 6.92 Å². The van der Waals surface area contributed by atoms with Crippen molar-refractivity contribution in [1.29, 1.82) is 0 Å². The van der Waals surface area contributed by atoms with E-state index in [2.05, 4.69) is 4.74 Å². The average Bonchev–Trinajstić information content (AvgIpc) is 2.20. The van der Waals surface area contributed by atoms with Crippen LogP contribution in [0.1, 0.15) is 6.92 Å². The van der Waals surface area contributed by atoms with Gasteiger partial charge in [-0.2, -0.15) is 13.2 Å². The Bertz CT molecular complexity index is 406. The zero-order valence-corrected chi connectivity index (χ0v) is 9.14. The highest BCUT2D eigenvalue weighted by atomic mass is 19.4. The number of hydrogen-bond acceptors (Lipinski definition) is 3. The van der Waals surface area contributed by atoms with E-state index in [1.54, 1.807) is 0 Å². The number of alkyl halides is 3. The maximum atomic E-state index is 13.3. The number of rotatable bonds is 3. The second kappa shape index (κ2) is 4.68. The molecule has 17 heavy (non-hydrogen) atoms. The van der Waals surface area contributed by atoms with E-state index in [-0.39, 0.29) is 11.4 Å². The number of methoxy groups -OCH3 is 1. The van der Waals surface area contributed by atoms with Crippen molar-refractivity contribution in [2.24, 2.45) is 0 Å². The van der Waals surface area contributed by atoms with Crippen molar-refractivity contribution in [3.8, 4) is 11.5 Å². The first-order valence-electron chi connectivity index (χ1n) is 4.62. The Morgan fingerprint density at radius 1 is 1.24 bits per heavy atom. The number of anilines is 1. The van der Waals surface area contributed by atoms with Crippen molar-refractivity contribution < 1.29 is 27.0 Å². The molecule has 1 atom stereocenters. The summed E-state index contributed by atoms with van der Waals surface area (Å²) in [5.41, 5.74) is 5.36. The zero-order chi connectivity index (χ0) is 13.2. The maximum Gasteiger partial charge on any atom is 0.425 e. The van der Waals surface area contributed by atoms with Gasteiger partial charge in [-0.3, -0.25) is 0 Å². The van der Waals surface area contributed by atoms with Gasteiger partial charge in [-0.1, -0.05) is 0 Å². The smallest absolute Gasteiger partial charge is 0.425 e. The Kier molecular flexibility index (Phi) is 3.69. The minimum absolute atomic E-state index is 0.0167. The molecule has 2 N–H and O–H groups in total. The third-order valence-corrected chi connectivity index (χ3v) is 2.05. The Morgan fingerprint density at radius 3 is 2.29 bits per heavy atom. The van der Waals surface area contributed by atoms with Gasteiger partial charge in [0.1, 0.15) is 5.75 Å². The minimum atomic E-state index is -4.57. The lowest BCUT2D eigenvalue weighted by Gasteiger charge is -2.18. The molecule has 1 aromatic carbocycles. The Labute approximate surface area is 95.1 Å². The fourth-order valence-corrected chi connectivity index (χ4v) is 1.07. The van der Waals surface area contributed by atoms with Gasteiger partial charge in [-0.15, -0.1) is 0 Å². The van der Waals surface area contributed by atoms with Crippen LogP contribution < -0.4 is 15.2 Å². The van der Waals surface area contributed by atoms with Crippen LogP contribution >= 0.6 is 0 Å². The molecule has 1 aromatic rings. The summed E-state index contributed by atoms with van der Waals surface area (Å²) in [7, 11) is 1.26. The molecular formula is C10H11F4NO2. The van der Waals surface area contributed by atoms with Crippen LogP contribution in [0, 0.1) is 5.82 Å². The standard InChI is InChI=1S/C10H11F4NO2/c1-5(10(12,13)14)17-8-4-9(16-2)7(15)3-6(8)11/h3-5H,15H2,1-2H3. The topological polar surface area (TPSA) is 44.5 Å². The largest absolute Gasteiger partial charge is 0.494 e. The lowest BCUT2D eigenvalue weighted by atomic mass is 10.2. The number of nitrogen functional groups attached to an aromatic ring is 1. The van der Waals surface area contributed by atoms with Crippen LogP contribution in [0.5, 0.6) is 11.5 Å². The summed E-state index contributed by atoms with van der Waals surface area (Å²) < 4.78 is 59.2. The van der Waals surface area contributed by atoms with Gasteiger partial charge in [0.25, 0.3) is 0 Å². The summed E-state index contributed by atoms with van der Waals surface area (Å²) in [4.78, 5) is 0. The molecule has 0 amide bonds. The molecule has 96 valence electrons. The number of halogens is 4. The van der Waals surface area contributed by atoms with Gasteiger partial charge in [0.2, 0.25) is 0 Å². The Hall–Kier alpha value is -1.66. The predicted octanol–water partition coefficient (Wildman–Crippen LogP) is 2.75. The molecule has 1 rings (SSSR count). The fraction of sp³-hybridized carbons (Fsp3) is 0.400. The molecule has 0 aliphatic rings. The lowest BCUT2D eigenvalue weighted by Crippen LogP contribution is -2.31. The summed E-state index contributed by atoms with van der Waals surface area (Å²) >= 11 is 0. The molecule has 0 saturated carbocycles. The molecule has 0 aromatic heterocycles. The van der Waals surface area contributed by atoms with Gasteiger partial charge in [-0.25, -0.2) is 4.39 Å². The quantitative estimate of drug-likeness (QED) is 0.665. The highest BCUT2D eigenvalue weighted by Gasteiger charge is 2.38. The summed E-state index contributed by atoms with van der Waals surface area (Å²) in [5, 5.41) is 0. The van der Waals surface area contributed by atoms with Crippen LogP contribution in [0.25, 0.3) is 0 Å². The molecule has 7 heteroatoms. The first-order valence-corrected chi connectivity index (χ1v) is 4.62. The molecule has 0 heterocycles. The molecule has 0 spiro atoms. The highest BCUT2D eigenvalue weighted by Crippen LogP contribution is 2.32. The average molecular weight is 253 g/mol. The van der Waals surface area contributed by atoms with Crippen LogP contribution in [-0.4, -0.2) is 19.4 Å². The van der Waals surface area contributed by atoms with Crippen LogP contribution in [0.15, 0.2) is 12.1 Å². The molecule has 3 nitrogen and oxygen atoms in total. The van der Waals surface area contributed by atoms with Gasteiger partial charge in [0.05, 0.1) is 12.8 Å². The van der Waals surface area contributed by atoms with Crippen LogP contribution in [0.3, 0.4) is 0 Å². The zero-order valence-electron chi connectivity index (χ0n) is 9.14. The van der Waals surface area contributed by atoms with E-state index in [0.29, 0.717) is 0 Å². The molecule has 0 aliphatic heterocycles. The number of benzene rings is 1. The van der Waals surface area contributed by atoms with Gasteiger partial charge in [0, 0.05) is 12.1 Å². The second-order valence-corrected chi connectivity index (χ2v) is 3.33. The number of nitrogens with two attached hydrogens (primary N) is 1. The van der Waals surface area contributed by atoms with Crippen molar-refractivity contribution in [1.82, 2.24) is 0 Å². The number of hydrogen-bond donors (Lipinski definition) is 1.